The van der Waals surface area contributed by atoms with E-state index in [1.54, 1.807) is 0 Å². The lowest BCUT2D eigenvalue weighted by Crippen LogP contribution is -1.98. The van der Waals surface area contributed by atoms with Gasteiger partial charge >= 0.3 is 0 Å². The molecule has 0 heterocycles. The molecule has 70 valence electrons. The van der Waals surface area contributed by atoms with Gasteiger partial charge in [0.05, 0.1) is 3.57 Å². The highest BCUT2D eigenvalue weighted by molar-refractivity contribution is 14.1. The molecule has 0 aliphatic carbocycles. The highest BCUT2D eigenvalue weighted by atomic mass is 127. The molecule has 1 aromatic carbocycles. The Labute approximate surface area is 100 Å². The van der Waals surface area contributed by atoms with E-state index in [0.717, 1.165) is 19.4 Å². The van der Waals surface area contributed by atoms with Crippen molar-refractivity contribution in [2.75, 3.05) is 6.61 Å². The monoisotopic (exact) mass is 352 g/mol. The Morgan fingerprint density at radius 3 is 2.85 bits per heavy atom. The van der Waals surface area contributed by atoms with Gasteiger partial charge in [0, 0.05) is 4.47 Å². The number of halogens is 2. The minimum atomic E-state index is 0.581. The zero-order valence-corrected chi connectivity index (χ0v) is 11.1. The van der Waals surface area contributed by atoms with Crippen molar-refractivity contribution in [1.82, 2.24) is 0 Å². The molecule has 13 heavy (non-hydrogen) atoms. The van der Waals surface area contributed by atoms with Gasteiger partial charge in [0.15, 0.2) is 0 Å². The van der Waals surface area contributed by atoms with Crippen molar-refractivity contribution in [3.8, 4) is 5.75 Å². The van der Waals surface area contributed by atoms with E-state index >= 15 is 0 Å². The number of hydrogen-bond acceptors (Lipinski definition) is 1. The zero-order valence-electron chi connectivity index (χ0n) is 7.31. The molecule has 0 spiro atoms. The standard InChI is InChI=1S/C10H10BrIO/c1-7(2)6-13-10-4-3-8(11)5-9(10)12/h3-5H,1,6H2,2H3. The Morgan fingerprint density at radius 1 is 1.62 bits per heavy atom. The van der Waals surface area contributed by atoms with Crippen LogP contribution in [0, 0.1) is 3.57 Å². The molecule has 0 saturated heterocycles. The third-order valence-electron chi connectivity index (χ3n) is 1.37. The molecule has 3 heteroatoms. The first-order valence-corrected chi connectivity index (χ1v) is 5.69. The molecule has 0 saturated carbocycles. The summed E-state index contributed by atoms with van der Waals surface area (Å²) in [6, 6.07) is 5.94. The molecule has 0 amide bonds. The van der Waals surface area contributed by atoms with E-state index < -0.39 is 0 Å². The Bertz CT molecular complexity index is 323. The Balaban J connectivity index is 2.72. The third kappa shape index (κ3) is 3.68. The van der Waals surface area contributed by atoms with Crippen molar-refractivity contribution in [3.05, 3.63) is 38.4 Å². The summed E-state index contributed by atoms with van der Waals surface area (Å²) in [7, 11) is 0. The zero-order chi connectivity index (χ0) is 9.84. The highest BCUT2D eigenvalue weighted by Gasteiger charge is 2.00. The summed E-state index contributed by atoms with van der Waals surface area (Å²) >= 11 is 5.65. The van der Waals surface area contributed by atoms with E-state index in [4.69, 9.17) is 4.74 Å². The lowest BCUT2D eigenvalue weighted by atomic mass is 10.3. The molecule has 0 radical (unpaired) electrons. The minimum absolute atomic E-state index is 0.581. The Kier molecular flexibility index (Phi) is 4.25. The van der Waals surface area contributed by atoms with Gasteiger partial charge in [0.25, 0.3) is 0 Å². The average molecular weight is 353 g/mol. The van der Waals surface area contributed by atoms with E-state index in [9.17, 15) is 0 Å². The topological polar surface area (TPSA) is 9.23 Å². The second-order valence-electron chi connectivity index (χ2n) is 2.82. The van der Waals surface area contributed by atoms with Gasteiger partial charge in [0.1, 0.15) is 12.4 Å². The molecule has 1 rings (SSSR count). The first-order chi connectivity index (χ1) is 6.09. The van der Waals surface area contributed by atoms with Crippen molar-refractivity contribution in [2.45, 2.75) is 6.92 Å². The van der Waals surface area contributed by atoms with Crippen molar-refractivity contribution in [2.24, 2.45) is 0 Å². The Hall–Kier alpha value is -0.0300. The lowest BCUT2D eigenvalue weighted by Gasteiger charge is -2.07. The van der Waals surface area contributed by atoms with Gasteiger partial charge in [0.2, 0.25) is 0 Å². The third-order valence-corrected chi connectivity index (χ3v) is 2.70. The van der Waals surface area contributed by atoms with E-state index in [2.05, 4.69) is 45.1 Å². The molecule has 0 atom stereocenters. The van der Waals surface area contributed by atoms with Gasteiger partial charge in [-0.3, -0.25) is 0 Å². The van der Waals surface area contributed by atoms with E-state index in [1.165, 1.54) is 0 Å². The van der Waals surface area contributed by atoms with Crippen LogP contribution in [-0.4, -0.2) is 6.61 Å². The largest absolute Gasteiger partial charge is 0.488 e. The van der Waals surface area contributed by atoms with Crippen LogP contribution >= 0.6 is 38.5 Å². The molecule has 0 unspecified atom stereocenters. The minimum Gasteiger partial charge on any atom is -0.488 e. The van der Waals surface area contributed by atoms with Crippen LogP contribution in [0.5, 0.6) is 5.75 Å². The number of rotatable bonds is 3. The molecule has 0 aliphatic heterocycles. The van der Waals surface area contributed by atoms with Crippen molar-refractivity contribution >= 4 is 38.5 Å². The van der Waals surface area contributed by atoms with Gasteiger partial charge in [-0.15, -0.1) is 0 Å². The summed E-state index contributed by atoms with van der Waals surface area (Å²) in [5.41, 5.74) is 1.03. The van der Waals surface area contributed by atoms with Crippen LogP contribution in [0.15, 0.2) is 34.8 Å². The summed E-state index contributed by atoms with van der Waals surface area (Å²) < 4.78 is 7.70. The summed E-state index contributed by atoms with van der Waals surface area (Å²) in [4.78, 5) is 0. The second-order valence-corrected chi connectivity index (χ2v) is 4.90. The van der Waals surface area contributed by atoms with Gasteiger partial charge in [-0.2, -0.15) is 0 Å². The molecule has 1 nitrogen and oxygen atoms in total. The van der Waals surface area contributed by atoms with Crippen LogP contribution in [0.25, 0.3) is 0 Å². The van der Waals surface area contributed by atoms with Crippen molar-refractivity contribution in [3.63, 3.8) is 0 Å². The Morgan fingerprint density at radius 2 is 2.31 bits per heavy atom. The second kappa shape index (κ2) is 5.00. The fourth-order valence-corrected chi connectivity index (χ4v) is 2.25. The van der Waals surface area contributed by atoms with Gasteiger partial charge in [-0.05, 0) is 53.3 Å². The summed E-state index contributed by atoms with van der Waals surface area (Å²) in [6.07, 6.45) is 0. The van der Waals surface area contributed by atoms with Crippen molar-refractivity contribution in [1.29, 1.82) is 0 Å². The average Bonchev–Trinajstić information content (AvgIpc) is 2.02. The predicted molar refractivity (Wildman–Crippen MR) is 67.2 cm³/mol. The molecular weight excluding hydrogens is 343 g/mol. The van der Waals surface area contributed by atoms with Crippen LogP contribution in [0.3, 0.4) is 0 Å². The van der Waals surface area contributed by atoms with Crippen LogP contribution in [0.4, 0.5) is 0 Å². The summed E-state index contributed by atoms with van der Waals surface area (Å²) in [5, 5.41) is 0. The van der Waals surface area contributed by atoms with Gasteiger partial charge < -0.3 is 4.74 Å². The highest BCUT2D eigenvalue weighted by Crippen LogP contribution is 2.24. The number of hydrogen-bond donors (Lipinski definition) is 0. The first kappa shape index (κ1) is 11.0. The predicted octanol–water partition coefficient (Wildman–Crippen LogP) is 4.01. The SMILES string of the molecule is C=C(C)COc1ccc(Br)cc1I. The maximum absolute atomic E-state index is 5.53. The van der Waals surface area contributed by atoms with Gasteiger partial charge in [-0.25, -0.2) is 0 Å². The fourth-order valence-electron chi connectivity index (χ4n) is 0.793. The number of ether oxygens (including phenoxy) is 1. The molecule has 0 aliphatic rings. The summed E-state index contributed by atoms with van der Waals surface area (Å²) in [5.74, 6) is 0.909. The molecular formula is C10H10BrIO. The molecule has 0 aromatic heterocycles. The quantitative estimate of drug-likeness (QED) is 0.590. The van der Waals surface area contributed by atoms with E-state index in [1.807, 2.05) is 25.1 Å². The molecule has 0 fully saturated rings. The van der Waals surface area contributed by atoms with Crippen LogP contribution in [0.2, 0.25) is 0 Å². The molecule has 0 bridgehead atoms. The number of benzene rings is 1. The van der Waals surface area contributed by atoms with Crippen LogP contribution in [0.1, 0.15) is 6.92 Å². The van der Waals surface area contributed by atoms with Crippen LogP contribution < -0.4 is 4.74 Å². The normalized spacial score (nSPS) is 9.77. The van der Waals surface area contributed by atoms with Gasteiger partial charge in [-0.1, -0.05) is 22.5 Å². The van der Waals surface area contributed by atoms with E-state index in [-0.39, 0.29) is 0 Å². The first-order valence-electron chi connectivity index (χ1n) is 3.82. The maximum Gasteiger partial charge on any atom is 0.133 e. The fraction of sp³-hybridized carbons (Fsp3) is 0.200. The molecule has 1 aromatic rings. The van der Waals surface area contributed by atoms with E-state index in [0.29, 0.717) is 6.61 Å². The lowest BCUT2D eigenvalue weighted by molar-refractivity contribution is 0.350. The maximum atomic E-state index is 5.53. The smallest absolute Gasteiger partial charge is 0.133 e. The molecule has 0 N–H and O–H groups in total. The van der Waals surface area contributed by atoms with Crippen molar-refractivity contribution < 1.29 is 4.74 Å². The summed E-state index contributed by atoms with van der Waals surface area (Å²) in [6.45, 7) is 6.31. The van der Waals surface area contributed by atoms with Crippen LogP contribution in [-0.2, 0) is 0 Å².